The molecule has 0 bridgehead atoms. The Morgan fingerprint density at radius 2 is 1.71 bits per heavy atom. The SMILES string of the molecule is Clc1ccc(-c2csc(N/N=C/c3ccc(OCc4ccc(Cl)c(Cl)c4)cc3)n2)cc1. The Labute approximate surface area is 199 Å². The molecule has 0 saturated carbocycles. The first-order valence-corrected chi connectivity index (χ1v) is 11.3. The molecule has 31 heavy (non-hydrogen) atoms. The highest BCUT2D eigenvalue weighted by Crippen LogP contribution is 2.26. The number of thiazole rings is 1. The van der Waals surface area contributed by atoms with E-state index in [1.165, 1.54) is 11.3 Å². The van der Waals surface area contributed by atoms with E-state index in [4.69, 9.17) is 39.5 Å². The lowest BCUT2D eigenvalue weighted by molar-refractivity contribution is 0.306. The molecule has 0 amide bonds. The summed E-state index contributed by atoms with van der Waals surface area (Å²) in [5.74, 6) is 0.753. The summed E-state index contributed by atoms with van der Waals surface area (Å²) < 4.78 is 5.79. The van der Waals surface area contributed by atoms with E-state index in [9.17, 15) is 0 Å². The predicted octanol–water partition coefficient (Wildman–Crippen LogP) is 7.80. The third kappa shape index (κ3) is 5.99. The number of hydrogen-bond acceptors (Lipinski definition) is 5. The van der Waals surface area contributed by atoms with Crippen LogP contribution in [0.15, 0.2) is 77.2 Å². The van der Waals surface area contributed by atoms with Gasteiger partial charge in [-0.05, 0) is 59.7 Å². The summed E-state index contributed by atoms with van der Waals surface area (Å²) in [5.41, 5.74) is 6.73. The number of hydrazone groups is 1. The van der Waals surface area contributed by atoms with Crippen LogP contribution in [0, 0.1) is 0 Å². The predicted molar refractivity (Wildman–Crippen MR) is 131 cm³/mol. The molecule has 0 saturated heterocycles. The van der Waals surface area contributed by atoms with Crippen molar-refractivity contribution in [3.8, 4) is 17.0 Å². The lowest BCUT2D eigenvalue weighted by Crippen LogP contribution is -1.96. The smallest absolute Gasteiger partial charge is 0.203 e. The number of hydrogen-bond donors (Lipinski definition) is 1. The Bertz CT molecular complexity index is 1190. The second kappa shape index (κ2) is 10.2. The lowest BCUT2D eigenvalue weighted by Gasteiger charge is -2.07. The maximum Gasteiger partial charge on any atom is 0.203 e. The van der Waals surface area contributed by atoms with Gasteiger partial charge in [-0.1, -0.05) is 53.0 Å². The third-order valence-corrected chi connectivity index (χ3v) is 6.03. The van der Waals surface area contributed by atoms with Gasteiger partial charge in [0.2, 0.25) is 5.13 Å². The van der Waals surface area contributed by atoms with Gasteiger partial charge in [-0.3, -0.25) is 5.43 Å². The molecule has 0 fully saturated rings. The molecule has 8 heteroatoms. The number of nitrogens with one attached hydrogen (secondary N) is 1. The highest BCUT2D eigenvalue weighted by molar-refractivity contribution is 7.14. The Balaban J connectivity index is 1.30. The van der Waals surface area contributed by atoms with E-state index in [1.54, 1.807) is 18.3 Å². The molecule has 0 spiro atoms. The average molecular weight is 489 g/mol. The van der Waals surface area contributed by atoms with Crippen molar-refractivity contribution >= 4 is 57.5 Å². The molecule has 4 aromatic rings. The maximum absolute atomic E-state index is 6.03. The molecule has 156 valence electrons. The molecule has 0 unspecified atom stereocenters. The van der Waals surface area contributed by atoms with Crippen LogP contribution in [0.5, 0.6) is 5.75 Å². The molecule has 0 aliphatic rings. The first kappa shape index (κ1) is 21.7. The van der Waals surface area contributed by atoms with Crippen LogP contribution in [0.25, 0.3) is 11.3 Å². The normalized spacial score (nSPS) is 11.1. The Morgan fingerprint density at radius 1 is 0.935 bits per heavy atom. The molecule has 0 radical (unpaired) electrons. The number of aromatic nitrogens is 1. The molecule has 1 aromatic heterocycles. The highest BCUT2D eigenvalue weighted by Gasteiger charge is 2.04. The summed E-state index contributed by atoms with van der Waals surface area (Å²) in [5, 5.41) is 8.69. The van der Waals surface area contributed by atoms with E-state index < -0.39 is 0 Å². The molecule has 3 aromatic carbocycles. The van der Waals surface area contributed by atoms with Gasteiger partial charge in [0.25, 0.3) is 0 Å². The maximum atomic E-state index is 6.03. The van der Waals surface area contributed by atoms with E-state index in [2.05, 4.69) is 15.5 Å². The Morgan fingerprint density at radius 3 is 2.45 bits per heavy atom. The van der Waals surface area contributed by atoms with Crippen molar-refractivity contribution < 1.29 is 4.74 Å². The molecule has 4 nitrogen and oxygen atoms in total. The van der Waals surface area contributed by atoms with Crippen LogP contribution in [0.4, 0.5) is 5.13 Å². The van der Waals surface area contributed by atoms with Gasteiger partial charge in [0.1, 0.15) is 12.4 Å². The topological polar surface area (TPSA) is 46.5 Å². The number of benzene rings is 3. The summed E-state index contributed by atoms with van der Waals surface area (Å²) >= 11 is 19.4. The van der Waals surface area contributed by atoms with Crippen molar-refractivity contribution in [2.24, 2.45) is 5.10 Å². The van der Waals surface area contributed by atoms with Crippen LogP contribution < -0.4 is 10.2 Å². The van der Waals surface area contributed by atoms with E-state index in [1.807, 2.05) is 60.0 Å². The van der Waals surface area contributed by atoms with Gasteiger partial charge < -0.3 is 4.74 Å². The van der Waals surface area contributed by atoms with Crippen molar-refractivity contribution in [2.75, 3.05) is 5.43 Å². The molecule has 0 atom stereocenters. The van der Waals surface area contributed by atoms with Crippen LogP contribution in [0.2, 0.25) is 15.1 Å². The number of ether oxygens (including phenoxy) is 1. The van der Waals surface area contributed by atoms with Gasteiger partial charge in [0.05, 0.1) is 22.0 Å². The van der Waals surface area contributed by atoms with Crippen molar-refractivity contribution in [1.82, 2.24) is 4.98 Å². The van der Waals surface area contributed by atoms with Crippen LogP contribution >= 0.6 is 46.1 Å². The Kier molecular flexibility index (Phi) is 7.10. The van der Waals surface area contributed by atoms with E-state index in [0.29, 0.717) is 26.8 Å². The molecule has 4 rings (SSSR count). The summed E-state index contributed by atoms with van der Waals surface area (Å²) in [7, 11) is 0. The van der Waals surface area contributed by atoms with E-state index in [0.717, 1.165) is 28.1 Å². The van der Waals surface area contributed by atoms with Gasteiger partial charge in [-0.15, -0.1) is 11.3 Å². The van der Waals surface area contributed by atoms with Crippen molar-refractivity contribution in [2.45, 2.75) is 6.61 Å². The lowest BCUT2D eigenvalue weighted by atomic mass is 10.2. The molecule has 0 aliphatic carbocycles. The van der Waals surface area contributed by atoms with Crippen molar-refractivity contribution in [1.29, 1.82) is 0 Å². The quantitative estimate of drug-likeness (QED) is 0.213. The van der Waals surface area contributed by atoms with Gasteiger partial charge in [0.15, 0.2) is 0 Å². The molecule has 0 aliphatic heterocycles. The third-order valence-electron chi connectivity index (χ3n) is 4.29. The largest absolute Gasteiger partial charge is 0.489 e. The van der Waals surface area contributed by atoms with Gasteiger partial charge >= 0.3 is 0 Å². The standard InChI is InChI=1S/C23H16Cl3N3OS/c24-18-6-4-17(5-7-18)22-14-31-23(28-22)29-27-12-15-1-8-19(9-2-15)30-13-16-3-10-20(25)21(26)11-16/h1-12,14H,13H2,(H,28,29)/b27-12+. The fourth-order valence-corrected chi connectivity index (χ4v) is 3.80. The zero-order chi connectivity index (χ0) is 21.6. The van der Waals surface area contributed by atoms with Crippen LogP contribution in [0.1, 0.15) is 11.1 Å². The van der Waals surface area contributed by atoms with Gasteiger partial charge in [-0.25, -0.2) is 4.98 Å². The molecular formula is C23H16Cl3N3OS. The zero-order valence-electron chi connectivity index (χ0n) is 16.1. The van der Waals surface area contributed by atoms with Gasteiger partial charge in [0, 0.05) is 16.0 Å². The first-order valence-electron chi connectivity index (χ1n) is 9.24. The zero-order valence-corrected chi connectivity index (χ0v) is 19.1. The fraction of sp³-hybridized carbons (Fsp3) is 0.0435. The van der Waals surface area contributed by atoms with Gasteiger partial charge in [-0.2, -0.15) is 5.10 Å². The van der Waals surface area contributed by atoms with Crippen LogP contribution in [-0.4, -0.2) is 11.2 Å². The number of rotatable bonds is 7. The molecular weight excluding hydrogens is 473 g/mol. The van der Waals surface area contributed by atoms with Crippen molar-refractivity contribution in [3.05, 3.63) is 98.3 Å². The summed E-state index contributed by atoms with van der Waals surface area (Å²) in [4.78, 5) is 4.53. The highest BCUT2D eigenvalue weighted by atomic mass is 35.5. The first-order chi connectivity index (χ1) is 15.1. The second-order valence-electron chi connectivity index (χ2n) is 6.52. The van der Waals surface area contributed by atoms with Crippen molar-refractivity contribution in [3.63, 3.8) is 0 Å². The van der Waals surface area contributed by atoms with E-state index in [-0.39, 0.29) is 0 Å². The summed E-state index contributed by atoms with van der Waals surface area (Å²) in [6.07, 6.45) is 1.73. The minimum atomic E-state index is 0.409. The number of anilines is 1. The molecule has 1 heterocycles. The Hall–Kier alpha value is -2.57. The number of nitrogens with zero attached hydrogens (tertiary/aromatic N) is 2. The summed E-state index contributed by atoms with van der Waals surface area (Å²) in [6.45, 7) is 0.409. The fourth-order valence-electron chi connectivity index (χ4n) is 2.69. The minimum Gasteiger partial charge on any atom is -0.489 e. The van der Waals surface area contributed by atoms with E-state index >= 15 is 0 Å². The molecule has 1 N–H and O–H groups in total. The van der Waals surface area contributed by atoms with Crippen LogP contribution in [0.3, 0.4) is 0 Å². The van der Waals surface area contributed by atoms with Crippen LogP contribution in [-0.2, 0) is 6.61 Å². The average Bonchev–Trinajstić information content (AvgIpc) is 3.25. The minimum absolute atomic E-state index is 0.409. The monoisotopic (exact) mass is 487 g/mol. The second-order valence-corrected chi connectivity index (χ2v) is 8.63. The summed E-state index contributed by atoms with van der Waals surface area (Å²) in [6, 6.07) is 20.7. The number of halogens is 3.